The Labute approximate surface area is 193 Å². The molecule has 0 saturated carbocycles. The Kier molecular flexibility index (Phi) is 7.01. The molecule has 5 nitrogen and oxygen atoms in total. The summed E-state index contributed by atoms with van der Waals surface area (Å²) < 4.78 is 13.2. The molecule has 1 amide bonds. The van der Waals surface area contributed by atoms with Crippen molar-refractivity contribution in [2.24, 2.45) is 0 Å². The van der Waals surface area contributed by atoms with Gasteiger partial charge < -0.3 is 15.1 Å². The first-order valence-corrected chi connectivity index (χ1v) is 10.9. The van der Waals surface area contributed by atoms with Crippen LogP contribution in [0.1, 0.15) is 17.2 Å². The van der Waals surface area contributed by atoms with Crippen LogP contribution in [0.4, 0.5) is 10.1 Å². The average molecular weight is 441 g/mol. The predicted octanol–water partition coefficient (Wildman–Crippen LogP) is 4.26. The Balaban J connectivity index is 1.45. The van der Waals surface area contributed by atoms with Gasteiger partial charge >= 0.3 is 0 Å². The molecule has 3 aromatic rings. The molecule has 1 N–H and O–H groups in total. The largest absolute Gasteiger partial charge is 0.373 e. The van der Waals surface area contributed by atoms with E-state index in [1.54, 1.807) is 18.3 Å². The highest BCUT2D eigenvalue weighted by Crippen LogP contribution is 2.22. The molecular formula is C27H25FN4O. The summed E-state index contributed by atoms with van der Waals surface area (Å²) in [5.74, 6) is -0.662. The molecule has 1 fully saturated rings. The summed E-state index contributed by atoms with van der Waals surface area (Å²) in [5.41, 5.74) is 2.93. The Hall–Kier alpha value is -4.11. The van der Waals surface area contributed by atoms with Crippen molar-refractivity contribution in [3.05, 3.63) is 114 Å². The van der Waals surface area contributed by atoms with Crippen molar-refractivity contribution in [1.82, 2.24) is 10.2 Å². The summed E-state index contributed by atoms with van der Waals surface area (Å²) in [6.45, 7) is 2.77. The summed E-state index contributed by atoms with van der Waals surface area (Å²) in [5, 5.41) is 12.7. The fourth-order valence-electron chi connectivity index (χ4n) is 3.94. The summed E-state index contributed by atoms with van der Waals surface area (Å²) >= 11 is 0. The first-order valence-electron chi connectivity index (χ1n) is 10.9. The second kappa shape index (κ2) is 10.5. The van der Waals surface area contributed by atoms with Crippen molar-refractivity contribution < 1.29 is 9.18 Å². The fraction of sp³-hybridized carbons (Fsp3) is 0.185. The van der Waals surface area contributed by atoms with Gasteiger partial charge in [-0.2, -0.15) is 5.26 Å². The van der Waals surface area contributed by atoms with Crippen LogP contribution in [-0.4, -0.2) is 37.0 Å². The van der Waals surface area contributed by atoms with E-state index < -0.39 is 5.91 Å². The van der Waals surface area contributed by atoms with Crippen LogP contribution in [-0.2, 0) is 4.79 Å². The molecule has 3 aromatic carbocycles. The van der Waals surface area contributed by atoms with E-state index in [0.717, 1.165) is 29.9 Å². The van der Waals surface area contributed by atoms with Gasteiger partial charge in [0.15, 0.2) is 0 Å². The lowest BCUT2D eigenvalue weighted by Crippen LogP contribution is -2.44. The maximum atomic E-state index is 13.2. The summed E-state index contributed by atoms with van der Waals surface area (Å²) in [6.07, 6.45) is 1.64. The van der Waals surface area contributed by atoms with Crippen LogP contribution in [0, 0.1) is 17.1 Å². The standard InChI is InChI=1S/C27H25FN4O/c28-24-11-13-25(14-12-24)32-17-15-31(16-18-32)20-23(19-29)27(33)30-26(21-7-3-1-4-8-21)22-9-5-2-6-10-22/h1-14,20,26H,15-18H2,(H,30,33)/b23-20-. The van der Waals surface area contributed by atoms with E-state index in [1.165, 1.54) is 12.1 Å². The van der Waals surface area contributed by atoms with E-state index in [1.807, 2.05) is 65.6 Å². The highest BCUT2D eigenvalue weighted by atomic mass is 19.1. The van der Waals surface area contributed by atoms with Crippen molar-refractivity contribution in [1.29, 1.82) is 5.26 Å². The minimum Gasteiger partial charge on any atom is -0.373 e. The summed E-state index contributed by atoms with van der Waals surface area (Å²) in [6, 6.07) is 27.6. The quantitative estimate of drug-likeness (QED) is 0.460. The first kappa shape index (κ1) is 22.1. The Bertz CT molecular complexity index is 1090. The van der Waals surface area contributed by atoms with Gasteiger partial charge in [0, 0.05) is 38.1 Å². The van der Waals surface area contributed by atoms with Gasteiger partial charge in [-0.05, 0) is 35.4 Å². The second-order valence-corrected chi connectivity index (χ2v) is 7.88. The van der Waals surface area contributed by atoms with Gasteiger partial charge in [-0.15, -0.1) is 0 Å². The van der Waals surface area contributed by atoms with Crippen LogP contribution in [0.2, 0.25) is 0 Å². The maximum absolute atomic E-state index is 13.2. The Morgan fingerprint density at radius 2 is 1.42 bits per heavy atom. The molecule has 0 aliphatic carbocycles. The van der Waals surface area contributed by atoms with Gasteiger partial charge in [0.2, 0.25) is 0 Å². The highest BCUT2D eigenvalue weighted by Gasteiger charge is 2.21. The third-order valence-corrected chi connectivity index (χ3v) is 5.72. The van der Waals surface area contributed by atoms with Crippen LogP contribution in [0.3, 0.4) is 0 Å². The molecule has 166 valence electrons. The van der Waals surface area contributed by atoms with Crippen LogP contribution in [0.15, 0.2) is 96.7 Å². The lowest BCUT2D eigenvalue weighted by atomic mass is 9.98. The summed E-state index contributed by atoms with van der Waals surface area (Å²) in [4.78, 5) is 17.2. The van der Waals surface area contributed by atoms with E-state index in [2.05, 4.69) is 16.3 Å². The zero-order valence-corrected chi connectivity index (χ0v) is 18.2. The highest BCUT2D eigenvalue weighted by molar-refractivity contribution is 5.97. The molecule has 6 heteroatoms. The number of anilines is 1. The second-order valence-electron chi connectivity index (χ2n) is 7.88. The van der Waals surface area contributed by atoms with Gasteiger partial charge in [-0.25, -0.2) is 4.39 Å². The van der Waals surface area contributed by atoms with Crippen molar-refractivity contribution >= 4 is 11.6 Å². The van der Waals surface area contributed by atoms with Crippen LogP contribution >= 0.6 is 0 Å². The van der Waals surface area contributed by atoms with Gasteiger partial charge in [0.05, 0.1) is 6.04 Å². The first-order chi connectivity index (χ1) is 16.1. The lowest BCUT2D eigenvalue weighted by Gasteiger charge is -2.35. The third kappa shape index (κ3) is 5.58. The number of piperazine rings is 1. The van der Waals surface area contributed by atoms with Crippen molar-refractivity contribution in [3.8, 4) is 6.07 Å². The number of benzene rings is 3. The summed E-state index contributed by atoms with van der Waals surface area (Å²) in [7, 11) is 0. The Morgan fingerprint density at radius 1 is 0.879 bits per heavy atom. The molecule has 1 heterocycles. The van der Waals surface area contributed by atoms with Crippen LogP contribution < -0.4 is 10.2 Å². The molecule has 0 aromatic heterocycles. The molecule has 33 heavy (non-hydrogen) atoms. The molecule has 1 aliphatic rings. The SMILES string of the molecule is N#C/C(=C/N1CCN(c2ccc(F)cc2)CC1)C(=O)NC(c1ccccc1)c1ccccc1. The van der Waals surface area contributed by atoms with Gasteiger partial charge in [-0.1, -0.05) is 60.7 Å². The third-order valence-electron chi connectivity index (χ3n) is 5.72. The number of amides is 1. The van der Waals surface area contributed by atoms with Crippen molar-refractivity contribution in [3.63, 3.8) is 0 Å². The molecular weight excluding hydrogens is 415 g/mol. The molecule has 0 bridgehead atoms. The maximum Gasteiger partial charge on any atom is 0.264 e. The number of halogens is 1. The minimum atomic E-state index is -0.406. The Morgan fingerprint density at radius 3 is 1.94 bits per heavy atom. The predicted molar refractivity (Wildman–Crippen MR) is 127 cm³/mol. The molecule has 0 spiro atoms. The van der Waals surface area contributed by atoms with E-state index in [-0.39, 0.29) is 17.4 Å². The van der Waals surface area contributed by atoms with Crippen LogP contribution in [0.5, 0.6) is 0 Å². The van der Waals surface area contributed by atoms with E-state index in [9.17, 15) is 14.4 Å². The van der Waals surface area contributed by atoms with Gasteiger partial charge in [-0.3, -0.25) is 4.79 Å². The topological polar surface area (TPSA) is 59.4 Å². The average Bonchev–Trinajstić information content (AvgIpc) is 2.87. The number of nitriles is 1. The number of carbonyl (C=O) groups is 1. The van der Waals surface area contributed by atoms with Gasteiger partial charge in [0.1, 0.15) is 17.5 Å². The normalized spacial score (nSPS) is 14.2. The van der Waals surface area contributed by atoms with Crippen LogP contribution in [0.25, 0.3) is 0 Å². The van der Waals surface area contributed by atoms with E-state index in [0.29, 0.717) is 13.1 Å². The number of nitrogens with zero attached hydrogens (tertiary/aromatic N) is 3. The fourth-order valence-corrected chi connectivity index (χ4v) is 3.94. The molecule has 1 aliphatic heterocycles. The molecule has 0 radical (unpaired) electrons. The number of hydrogen-bond acceptors (Lipinski definition) is 4. The van der Waals surface area contributed by atoms with Crippen molar-refractivity contribution in [2.75, 3.05) is 31.1 Å². The number of rotatable bonds is 6. The minimum absolute atomic E-state index is 0.0714. The lowest BCUT2D eigenvalue weighted by molar-refractivity contribution is -0.117. The molecule has 0 atom stereocenters. The van der Waals surface area contributed by atoms with E-state index in [4.69, 9.17) is 0 Å². The molecule has 0 unspecified atom stereocenters. The number of nitrogens with one attached hydrogen (secondary N) is 1. The smallest absolute Gasteiger partial charge is 0.264 e. The zero-order valence-electron chi connectivity index (χ0n) is 18.2. The van der Waals surface area contributed by atoms with E-state index >= 15 is 0 Å². The zero-order chi connectivity index (χ0) is 23.0. The molecule has 4 rings (SSSR count). The van der Waals surface area contributed by atoms with Gasteiger partial charge in [0.25, 0.3) is 5.91 Å². The monoisotopic (exact) mass is 440 g/mol. The molecule has 1 saturated heterocycles. The van der Waals surface area contributed by atoms with Crippen molar-refractivity contribution in [2.45, 2.75) is 6.04 Å². The number of hydrogen-bond donors (Lipinski definition) is 1. The number of carbonyl (C=O) groups excluding carboxylic acids is 1.